The van der Waals surface area contributed by atoms with E-state index in [4.69, 9.17) is 0 Å². The maximum atomic E-state index is 12.9. The van der Waals surface area contributed by atoms with Crippen LogP contribution >= 0.6 is 0 Å². The summed E-state index contributed by atoms with van der Waals surface area (Å²) in [6.45, 7) is 10.5. The molecule has 0 radical (unpaired) electrons. The maximum absolute atomic E-state index is 12.9. The van der Waals surface area contributed by atoms with E-state index in [-0.39, 0.29) is 34.9 Å². The molecule has 0 aromatic carbocycles. The number of carbonyl (C=O) groups is 2. The zero-order valence-corrected chi connectivity index (χ0v) is 15.7. The molecule has 2 N–H and O–H groups in total. The van der Waals surface area contributed by atoms with Gasteiger partial charge in [-0.1, -0.05) is 34.1 Å². The topological polar surface area (TPSA) is 95.2 Å². The molecule has 1 fully saturated rings. The smallest absolute Gasteiger partial charge is 0.345 e. The van der Waals surface area contributed by atoms with Gasteiger partial charge >= 0.3 is 5.69 Å². The summed E-state index contributed by atoms with van der Waals surface area (Å²) in [5.74, 6) is -0.128. The number of rotatable bonds is 4. The molecule has 0 saturated carbocycles. The van der Waals surface area contributed by atoms with Crippen LogP contribution in [0.5, 0.6) is 0 Å². The first-order valence-electron chi connectivity index (χ1n) is 8.80. The third-order valence-corrected chi connectivity index (χ3v) is 4.55. The average molecular weight is 348 g/mol. The minimum atomic E-state index is -0.515. The van der Waals surface area contributed by atoms with Crippen LogP contribution in [0.1, 0.15) is 63.6 Å². The van der Waals surface area contributed by atoms with Crippen molar-refractivity contribution in [1.29, 1.82) is 0 Å². The van der Waals surface area contributed by atoms with Gasteiger partial charge in [-0.25, -0.2) is 4.79 Å². The zero-order valence-electron chi connectivity index (χ0n) is 15.7. The van der Waals surface area contributed by atoms with E-state index < -0.39 is 5.69 Å². The molecule has 2 atom stereocenters. The second-order valence-corrected chi connectivity index (χ2v) is 7.80. The lowest BCUT2D eigenvalue weighted by molar-refractivity contribution is -0.119. The summed E-state index contributed by atoms with van der Waals surface area (Å²) in [4.78, 5) is 44.4. The highest BCUT2D eigenvalue weighted by atomic mass is 16.2. The molecule has 1 saturated heterocycles. The fourth-order valence-electron chi connectivity index (χ4n) is 3.26. The summed E-state index contributed by atoms with van der Waals surface area (Å²) < 4.78 is 0. The molecule has 7 heteroatoms. The molecule has 25 heavy (non-hydrogen) atoms. The lowest BCUT2D eigenvalue weighted by Crippen LogP contribution is -2.40. The van der Waals surface area contributed by atoms with Gasteiger partial charge < -0.3 is 15.2 Å². The molecule has 138 valence electrons. The van der Waals surface area contributed by atoms with Crippen LogP contribution in [0.3, 0.4) is 0 Å². The van der Waals surface area contributed by atoms with Crippen LogP contribution in [0.25, 0.3) is 0 Å². The lowest BCUT2D eigenvalue weighted by atomic mass is 9.91. The Hall–Kier alpha value is -2.18. The molecule has 1 aliphatic rings. The summed E-state index contributed by atoms with van der Waals surface area (Å²) >= 11 is 0. The third-order valence-electron chi connectivity index (χ3n) is 4.55. The predicted molar refractivity (Wildman–Crippen MR) is 95.5 cm³/mol. The Kier molecular flexibility index (Phi) is 5.65. The molecule has 1 aromatic rings. The van der Waals surface area contributed by atoms with Gasteiger partial charge in [0, 0.05) is 31.1 Å². The molecule has 0 aliphatic carbocycles. The van der Waals surface area contributed by atoms with E-state index >= 15 is 0 Å². The van der Waals surface area contributed by atoms with Crippen LogP contribution < -0.4 is 11.0 Å². The van der Waals surface area contributed by atoms with Crippen molar-refractivity contribution in [3.63, 3.8) is 0 Å². The van der Waals surface area contributed by atoms with Gasteiger partial charge in [-0.3, -0.25) is 9.59 Å². The summed E-state index contributed by atoms with van der Waals surface area (Å²) in [5, 5.41) is 2.94. The quantitative estimate of drug-likeness (QED) is 0.861. The molecule has 0 spiro atoms. The van der Waals surface area contributed by atoms with Crippen molar-refractivity contribution in [2.75, 3.05) is 13.1 Å². The second-order valence-electron chi connectivity index (χ2n) is 7.80. The highest BCUT2D eigenvalue weighted by Gasteiger charge is 2.36. The van der Waals surface area contributed by atoms with Crippen LogP contribution in [-0.2, 0) is 10.2 Å². The summed E-state index contributed by atoms with van der Waals surface area (Å²) in [7, 11) is 0. The summed E-state index contributed by atoms with van der Waals surface area (Å²) in [5.41, 5.74) is 0.0375. The number of hydrogen-bond donors (Lipinski definition) is 2. The maximum Gasteiger partial charge on any atom is 0.345 e. The van der Waals surface area contributed by atoms with Crippen molar-refractivity contribution in [3.05, 3.63) is 27.9 Å². The van der Waals surface area contributed by atoms with E-state index in [2.05, 4.69) is 22.2 Å². The first-order valence-corrected chi connectivity index (χ1v) is 8.80. The highest BCUT2D eigenvalue weighted by molar-refractivity contribution is 5.92. The van der Waals surface area contributed by atoms with E-state index in [0.29, 0.717) is 18.8 Å². The second kappa shape index (κ2) is 7.37. The Balaban J connectivity index is 2.24. The number of carbonyl (C=O) groups excluding carboxylic acids is 2. The van der Waals surface area contributed by atoms with E-state index in [1.54, 1.807) is 11.0 Å². The SMILES string of the molecule is CCCC1CN(C(=O)c2cc(C(C)(C)C)[nH]c(=O)n2)CC1NC(C)=O. The van der Waals surface area contributed by atoms with Crippen LogP contribution in [0.15, 0.2) is 10.9 Å². The number of nitrogens with one attached hydrogen (secondary N) is 2. The Morgan fingerprint density at radius 1 is 1.36 bits per heavy atom. The number of aromatic nitrogens is 2. The Labute approximate surface area is 148 Å². The Morgan fingerprint density at radius 2 is 2.04 bits per heavy atom. The molecule has 1 aromatic heterocycles. The largest absolute Gasteiger partial charge is 0.351 e. The van der Waals surface area contributed by atoms with Gasteiger partial charge in [0.2, 0.25) is 5.91 Å². The zero-order chi connectivity index (χ0) is 18.8. The molecule has 2 rings (SSSR count). The highest BCUT2D eigenvalue weighted by Crippen LogP contribution is 2.24. The van der Waals surface area contributed by atoms with Crippen LogP contribution in [0, 0.1) is 5.92 Å². The standard InChI is InChI=1S/C18H28N4O3/c1-6-7-12-9-22(10-14(12)19-11(2)23)16(24)13-8-15(18(3,4)5)21-17(25)20-13/h8,12,14H,6-7,9-10H2,1-5H3,(H,19,23)(H,20,21,25). The normalized spacial score (nSPS) is 20.6. The van der Waals surface area contributed by atoms with E-state index in [0.717, 1.165) is 12.8 Å². The number of hydrogen-bond acceptors (Lipinski definition) is 4. The van der Waals surface area contributed by atoms with Gasteiger partial charge in [-0.15, -0.1) is 0 Å². The number of aromatic amines is 1. The van der Waals surface area contributed by atoms with Crippen molar-refractivity contribution in [3.8, 4) is 0 Å². The minimum Gasteiger partial charge on any atom is -0.351 e. The van der Waals surface area contributed by atoms with E-state index in [1.807, 2.05) is 20.8 Å². The number of amides is 2. The lowest BCUT2D eigenvalue weighted by Gasteiger charge is -2.20. The van der Waals surface area contributed by atoms with Gasteiger partial charge in [0.1, 0.15) is 5.69 Å². The van der Waals surface area contributed by atoms with Gasteiger partial charge in [0.25, 0.3) is 5.91 Å². The van der Waals surface area contributed by atoms with Crippen molar-refractivity contribution in [2.24, 2.45) is 5.92 Å². The monoisotopic (exact) mass is 348 g/mol. The minimum absolute atomic E-state index is 0.0505. The van der Waals surface area contributed by atoms with Gasteiger partial charge in [-0.2, -0.15) is 4.98 Å². The first-order chi connectivity index (χ1) is 11.6. The third kappa shape index (κ3) is 4.67. The Morgan fingerprint density at radius 3 is 2.60 bits per heavy atom. The average Bonchev–Trinajstić information content (AvgIpc) is 2.87. The number of nitrogens with zero attached hydrogens (tertiary/aromatic N) is 2. The molecule has 2 heterocycles. The first kappa shape index (κ1) is 19.1. The van der Waals surface area contributed by atoms with Crippen LogP contribution in [-0.4, -0.2) is 45.8 Å². The molecule has 0 bridgehead atoms. The molecule has 2 amide bonds. The van der Waals surface area contributed by atoms with Gasteiger partial charge in [-0.05, 0) is 18.4 Å². The van der Waals surface area contributed by atoms with Crippen LogP contribution in [0.4, 0.5) is 0 Å². The van der Waals surface area contributed by atoms with Crippen LogP contribution in [0.2, 0.25) is 0 Å². The fraction of sp³-hybridized carbons (Fsp3) is 0.667. The van der Waals surface area contributed by atoms with Crippen molar-refractivity contribution in [1.82, 2.24) is 20.2 Å². The number of likely N-dealkylation sites (tertiary alicyclic amines) is 1. The summed E-state index contributed by atoms with van der Waals surface area (Å²) in [6, 6.07) is 1.61. The molecular weight excluding hydrogens is 320 g/mol. The van der Waals surface area contributed by atoms with Gasteiger partial charge in [0.15, 0.2) is 0 Å². The van der Waals surface area contributed by atoms with Crippen molar-refractivity contribution < 1.29 is 9.59 Å². The van der Waals surface area contributed by atoms with E-state index in [1.165, 1.54) is 6.92 Å². The number of H-pyrrole nitrogens is 1. The Bertz CT molecular complexity index is 705. The van der Waals surface area contributed by atoms with Gasteiger partial charge in [0.05, 0.1) is 6.04 Å². The molecule has 2 unspecified atom stereocenters. The van der Waals surface area contributed by atoms with E-state index in [9.17, 15) is 14.4 Å². The fourth-order valence-corrected chi connectivity index (χ4v) is 3.26. The van der Waals surface area contributed by atoms with Crippen molar-refractivity contribution in [2.45, 2.75) is 58.9 Å². The molecular formula is C18H28N4O3. The molecule has 7 nitrogen and oxygen atoms in total. The predicted octanol–water partition coefficient (Wildman–Crippen LogP) is 1.44. The molecule has 1 aliphatic heterocycles. The van der Waals surface area contributed by atoms with Crippen molar-refractivity contribution >= 4 is 11.8 Å². The summed E-state index contributed by atoms with van der Waals surface area (Å²) in [6.07, 6.45) is 1.92.